The molecule has 1 aromatic carbocycles. The van der Waals surface area contributed by atoms with E-state index < -0.39 is 5.92 Å². The first-order chi connectivity index (χ1) is 11.4. The number of allylic oxidation sites excluding steroid dienone is 2. The van der Waals surface area contributed by atoms with Gasteiger partial charge in [0.25, 0.3) is 0 Å². The summed E-state index contributed by atoms with van der Waals surface area (Å²) in [6.07, 6.45) is 5.71. The smallest absolute Gasteiger partial charge is 0.310 e. The largest absolute Gasteiger partial charge is 0.462 e. The van der Waals surface area contributed by atoms with Crippen molar-refractivity contribution in [3.8, 4) is 0 Å². The summed E-state index contributed by atoms with van der Waals surface area (Å²) in [5.41, 5.74) is 2.98. The van der Waals surface area contributed by atoms with Crippen molar-refractivity contribution in [2.45, 2.75) is 53.1 Å². The third-order valence-electron chi connectivity index (χ3n) is 4.60. The molecule has 0 aliphatic heterocycles. The number of carbonyl (C=O) groups excluding carboxylic acids is 2. The molecule has 1 N–H and O–H groups in total. The summed E-state index contributed by atoms with van der Waals surface area (Å²) in [5, 5.41) is 2.98. The van der Waals surface area contributed by atoms with Gasteiger partial charge in [0.1, 0.15) is 0 Å². The second kappa shape index (κ2) is 8.13. The molecule has 130 valence electrons. The van der Waals surface area contributed by atoms with Gasteiger partial charge in [-0.25, -0.2) is 0 Å². The third kappa shape index (κ3) is 4.47. The minimum Gasteiger partial charge on any atom is -0.462 e. The summed E-state index contributed by atoms with van der Waals surface area (Å²) in [5.74, 6) is -1.17. The van der Waals surface area contributed by atoms with Gasteiger partial charge in [-0.15, -0.1) is 0 Å². The number of carbonyl (C=O) groups is 2. The summed E-state index contributed by atoms with van der Waals surface area (Å²) in [7, 11) is 0. The maximum absolute atomic E-state index is 12.7. The van der Waals surface area contributed by atoms with Crippen LogP contribution in [0.2, 0.25) is 0 Å². The summed E-state index contributed by atoms with van der Waals surface area (Å²) in [6.45, 7) is 7.84. The molecule has 1 amide bonds. The van der Waals surface area contributed by atoms with Crippen LogP contribution in [0, 0.1) is 25.7 Å². The Balaban J connectivity index is 2.10. The van der Waals surface area contributed by atoms with Crippen LogP contribution in [0.4, 0.5) is 5.69 Å². The van der Waals surface area contributed by atoms with Crippen LogP contribution in [-0.4, -0.2) is 18.0 Å². The Kier molecular flexibility index (Phi) is 6.18. The number of anilines is 1. The van der Waals surface area contributed by atoms with Crippen molar-refractivity contribution < 1.29 is 14.3 Å². The molecule has 0 radical (unpaired) electrons. The number of hydrogen-bond donors (Lipinski definition) is 1. The molecule has 0 saturated heterocycles. The van der Waals surface area contributed by atoms with E-state index in [2.05, 4.69) is 5.32 Å². The number of rotatable bonds is 5. The van der Waals surface area contributed by atoms with Crippen LogP contribution in [0.15, 0.2) is 30.4 Å². The van der Waals surface area contributed by atoms with Crippen LogP contribution in [0.5, 0.6) is 0 Å². The molecule has 2 rings (SSSR count). The highest BCUT2D eigenvalue weighted by Gasteiger charge is 2.35. The second-order valence-electron chi connectivity index (χ2n) is 6.62. The first-order valence-corrected chi connectivity index (χ1v) is 8.66. The van der Waals surface area contributed by atoms with Gasteiger partial charge in [-0.2, -0.15) is 0 Å². The second-order valence-corrected chi connectivity index (χ2v) is 6.62. The Morgan fingerprint density at radius 1 is 1.21 bits per heavy atom. The molecule has 0 aromatic heterocycles. The maximum atomic E-state index is 12.7. The highest BCUT2D eigenvalue weighted by Crippen LogP contribution is 2.29. The lowest BCUT2D eigenvalue weighted by atomic mass is 9.82. The van der Waals surface area contributed by atoms with E-state index in [1.54, 1.807) is 0 Å². The zero-order valence-electron chi connectivity index (χ0n) is 15.0. The van der Waals surface area contributed by atoms with Crippen molar-refractivity contribution >= 4 is 17.6 Å². The van der Waals surface area contributed by atoms with E-state index in [0.717, 1.165) is 23.2 Å². The molecule has 4 nitrogen and oxygen atoms in total. The van der Waals surface area contributed by atoms with Crippen molar-refractivity contribution in [2.75, 3.05) is 5.32 Å². The van der Waals surface area contributed by atoms with Gasteiger partial charge in [-0.1, -0.05) is 36.8 Å². The number of ether oxygens (including phenoxy) is 1. The summed E-state index contributed by atoms with van der Waals surface area (Å²) in [6, 6.07) is 5.91. The molecule has 4 heteroatoms. The zero-order valence-corrected chi connectivity index (χ0v) is 15.0. The Bertz CT molecular complexity index is 636. The molecule has 0 spiro atoms. The standard InChI is InChI=1S/C20H27NO3/c1-5-15(4)24-20(23)17-9-7-6-8-16(17)19(22)21-18-11-10-13(2)12-14(18)3/h6-7,10-12,15-17H,5,8-9H2,1-4H3,(H,21,22)/t15-,16+,17-/m1/s1. The van der Waals surface area contributed by atoms with Gasteiger partial charge in [0.2, 0.25) is 5.91 Å². The fourth-order valence-electron chi connectivity index (χ4n) is 2.91. The fourth-order valence-corrected chi connectivity index (χ4v) is 2.91. The van der Waals surface area contributed by atoms with Gasteiger partial charge in [-0.3, -0.25) is 9.59 Å². The molecule has 1 aromatic rings. The molecule has 24 heavy (non-hydrogen) atoms. The molecule has 3 atom stereocenters. The van der Waals surface area contributed by atoms with Crippen LogP contribution in [0.3, 0.4) is 0 Å². The predicted octanol–water partition coefficient (Wildman–Crippen LogP) is 4.17. The molecule has 0 unspecified atom stereocenters. The van der Waals surface area contributed by atoms with Gasteiger partial charge >= 0.3 is 5.97 Å². The van der Waals surface area contributed by atoms with Gasteiger partial charge in [-0.05, 0) is 51.7 Å². The lowest BCUT2D eigenvalue weighted by Gasteiger charge is -2.27. The Morgan fingerprint density at radius 3 is 2.50 bits per heavy atom. The fraction of sp³-hybridized carbons (Fsp3) is 0.500. The van der Waals surface area contributed by atoms with Crippen molar-refractivity contribution in [1.29, 1.82) is 0 Å². The van der Waals surface area contributed by atoms with E-state index in [-0.39, 0.29) is 23.9 Å². The number of hydrogen-bond acceptors (Lipinski definition) is 3. The molecule has 0 heterocycles. The van der Waals surface area contributed by atoms with Crippen LogP contribution >= 0.6 is 0 Å². The van der Waals surface area contributed by atoms with E-state index in [1.165, 1.54) is 0 Å². The van der Waals surface area contributed by atoms with E-state index in [1.807, 2.05) is 58.0 Å². The molecule has 1 aliphatic carbocycles. The molecular weight excluding hydrogens is 302 g/mol. The van der Waals surface area contributed by atoms with Gasteiger partial charge < -0.3 is 10.1 Å². The number of benzene rings is 1. The van der Waals surface area contributed by atoms with E-state index in [4.69, 9.17) is 4.74 Å². The minimum atomic E-state index is -0.408. The molecular formula is C20H27NO3. The SMILES string of the molecule is CC[C@@H](C)OC(=O)[C@@H]1CC=CC[C@@H]1C(=O)Nc1ccc(C)cc1C. The Labute approximate surface area is 144 Å². The van der Waals surface area contributed by atoms with Gasteiger partial charge in [0.15, 0.2) is 0 Å². The van der Waals surface area contributed by atoms with Gasteiger partial charge in [0.05, 0.1) is 17.9 Å². The summed E-state index contributed by atoms with van der Waals surface area (Å²) < 4.78 is 5.46. The third-order valence-corrected chi connectivity index (χ3v) is 4.60. The first-order valence-electron chi connectivity index (χ1n) is 8.66. The van der Waals surface area contributed by atoms with Crippen LogP contribution in [0.1, 0.15) is 44.2 Å². The van der Waals surface area contributed by atoms with Crippen molar-refractivity contribution in [3.05, 3.63) is 41.5 Å². The highest BCUT2D eigenvalue weighted by atomic mass is 16.5. The predicted molar refractivity (Wildman–Crippen MR) is 95.7 cm³/mol. The van der Waals surface area contributed by atoms with E-state index >= 15 is 0 Å². The Morgan fingerprint density at radius 2 is 1.88 bits per heavy atom. The molecule has 0 bridgehead atoms. The quantitative estimate of drug-likeness (QED) is 0.652. The Hall–Kier alpha value is -2.10. The minimum absolute atomic E-state index is 0.114. The number of aryl methyl sites for hydroxylation is 2. The normalized spacial score (nSPS) is 21.2. The summed E-state index contributed by atoms with van der Waals surface area (Å²) in [4.78, 5) is 25.1. The zero-order chi connectivity index (χ0) is 17.7. The first kappa shape index (κ1) is 18.2. The molecule has 0 fully saturated rings. The maximum Gasteiger partial charge on any atom is 0.310 e. The lowest BCUT2D eigenvalue weighted by Crippen LogP contribution is -2.36. The van der Waals surface area contributed by atoms with Crippen LogP contribution < -0.4 is 5.32 Å². The molecule has 0 saturated carbocycles. The van der Waals surface area contributed by atoms with Crippen molar-refractivity contribution in [2.24, 2.45) is 11.8 Å². The average molecular weight is 329 g/mol. The average Bonchev–Trinajstić information content (AvgIpc) is 2.57. The van der Waals surface area contributed by atoms with Gasteiger partial charge in [0, 0.05) is 5.69 Å². The van der Waals surface area contributed by atoms with E-state index in [0.29, 0.717) is 12.8 Å². The monoisotopic (exact) mass is 329 g/mol. The lowest BCUT2D eigenvalue weighted by molar-refractivity contribution is -0.157. The molecule has 1 aliphatic rings. The number of nitrogens with one attached hydrogen (secondary N) is 1. The van der Waals surface area contributed by atoms with Crippen LogP contribution in [-0.2, 0) is 14.3 Å². The van der Waals surface area contributed by atoms with Crippen LogP contribution in [0.25, 0.3) is 0 Å². The summed E-state index contributed by atoms with van der Waals surface area (Å²) >= 11 is 0. The number of amides is 1. The van der Waals surface area contributed by atoms with Crippen molar-refractivity contribution in [3.63, 3.8) is 0 Å². The number of esters is 1. The van der Waals surface area contributed by atoms with E-state index in [9.17, 15) is 9.59 Å². The highest BCUT2D eigenvalue weighted by molar-refractivity contribution is 5.96. The van der Waals surface area contributed by atoms with Crippen molar-refractivity contribution in [1.82, 2.24) is 0 Å². The topological polar surface area (TPSA) is 55.4 Å².